The normalized spacial score (nSPS) is 15.5. The van der Waals surface area contributed by atoms with E-state index in [0.717, 1.165) is 16.7 Å². The fourth-order valence-corrected chi connectivity index (χ4v) is 4.05. The Morgan fingerprint density at radius 2 is 1.74 bits per heavy atom. The predicted molar refractivity (Wildman–Crippen MR) is 116 cm³/mol. The van der Waals surface area contributed by atoms with Gasteiger partial charge in [-0.2, -0.15) is 0 Å². The van der Waals surface area contributed by atoms with Crippen LogP contribution in [0.1, 0.15) is 36.6 Å². The highest BCUT2D eigenvalue weighted by molar-refractivity contribution is 5.84. The Labute approximate surface area is 181 Å². The molecule has 31 heavy (non-hydrogen) atoms. The monoisotopic (exact) mass is 418 g/mol. The first-order chi connectivity index (χ1) is 15.0. The number of benzene rings is 2. The summed E-state index contributed by atoms with van der Waals surface area (Å²) in [6, 6.07) is 17.6. The van der Waals surface area contributed by atoms with Gasteiger partial charge in [0.25, 0.3) is 0 Å². The van der Waals surface area contributed by atoms with Crippen LogP contribution in [0.4, 0.5) is 0 Å². The second-order valence-corrected chi connectivity index (χ2v) is 8.04. The number of carbonyl (C=O) groups is 2. The van der Waals surface area contributed by atoms with E-state index in [1.165, 1.54) is 6.26 Å². The van der Waals surface area contributed by atoms with Crippen LogP contribution in [0.5, 0.6) is 0 Å². The van der Waals surface area contributed by atoms with Crippen molar-refractivity contribution in [1.82, 2.24) is 9.88 Å². The first kappa shape index (κ1) is 20.8. The van der Waals surface area contributed by atoms with Gasteiger partial charge in [0.15, 0.2) is 0 Å². The molecule has 3 aromatic rings. The molecule has 0 radical (unpaired) electrons. The van der Waals surface area contributed by atoms with Crippen molar-refractivity contribution in [3.63, 3.8) is 0 Å². The number of likely N-dealkylation sites (tertiary alicyclic amines) is 1. The standard InChI is InChI=1S/C25H26N2O4/c1-18-8-10-20(11-9-18)23-26-22(16-30-23)17-31-24(29)25(21-6-4-3-5-7-21)12-14-27(15-13-25)19(2)28/h3-11,16H,12-15,17H2,1-2H3. The molecule has 0 bridgehead atoms. The van der Waals surface area contributed by atoms with Crippen molar-refractivity contribution >= 4 is 11.9 Å². The topological polar surface area (TPSA) is 72.6 Å². The summed E-state index contributed by atoms with van der Waals surface area (Å²) in [4.78, 5) is 31.3. The lowest BCUT2D eigenvalue weighted by molar-refractivity contribution is -0.155. The molecule has 1 aliphatic rings. The van der Waals surface area contributed by atoms with Gasteiger partial charge in [-0.25, -0.2) is 4.98 Å². The molecule has 1 amide bonds. The minimum Gasteiger partial charge on any atom is -0.458 e. The zero-order valence-corrected chi connectivity index (χ0v) is 17.8. The van der Waals surface area contributed by atoms with Crippen LogP contribution >= 0.6 is 0 Å². The fourth-order valence-electron chi connectivity index (χ4n) is 4.05. The number of oxazole rings is 1. The molecule has 2 heterocycles. The van der Waals surface area contributed by atoms with Crippen molar-refractivity contribution in [1.29, 1.82) is 0 Å². The summed E-state index contributed by atoms with van der Waals surface area (Å²) < 4.78 is 11.3. The number of nitrogens with zero attached hydrogens (tertiary/aromatic N) is 2. The van der Waals surface area contributed by atoms with Gasteiger partial charge in [-0.05, 0) is 37.5 Å². The van der Waals surface area contributed by atoms with E-state index in [4.69, 9.17) is 9.15 Å². The maximum absolute atomic E-state index is 13.3. The molecule has 1 aliphatic heterocycles. The Kier molecular flexibility index (Phi) is 5.89. The molecule has 160 valence electrons. The molecule has 0 spiro atoms. The van der Waals surface area contributed by atoms with Crippen molar-refractivity contribution in [2.24, 2.45) is 0 Å². The molecule has 1 aromatic heterocycles. The van der Waals surface area contributed by atoms with Crippen molar-refractivity contribution in [2.75, 3.05) is 13.1 Å². The van der Waals surface area contributed by atoms with Gasteiger partial charge in [-0.15, -0.1) is 0 Å². The van der Waals surface area contributed by atoms with Crippen LogP contribution in [-0.4, -0.2) is 34.8 Å². The van der Waals surface area contributed by atoms with Gasteiger partial charge in [-0.3, -0.25) is 9.59 Å². The van der Waals surface area contributed by atoms with Gasteiger partial charge < -0.3 is 14.1 Å². The molecular weight excluding hydrogens is 392 g/mol. The summed E-state index contributed by atoms with van der Waals surface area (Å²) in [6.07, 6.45) is 2.59. The predicted octanol–water partition coefficient (Wildman–Crippen LogP) is 4.27. The number of rotatable bonds is 5. The van der Waals surface area contributed by atoms with Crippen LogP contribution < -0.4 is 0 Å². The Morgan fingerprint density at radius 1 is 1.06 bits per heavy atom. The fraction of sp³-hybridized carbons (Fsp3) is 0.320. The number of hydrogen-bond acceptors (Lipinski definition) is 5. The molecule has 0 saturated carbocycles. The quantitative estimate of drug-likeness (QED) is 0.579. The summed E-state index contributed by atoms with van der Waals surface area (Å²) >= 11 is 0. The van der Waals surface area contributed by atoms with Crippen LogP contribution in [0.3, 0.4) is 0 Å². The van der Waals surface area contributed by atoms with E-state index in [1.54, 1.807) is 11.8 Å². The lowest BCUT2D eigenvalue weighted by atomic mass is 9.72. The third-order valence-corrected chi connectivity index (χ3v) is 5.98. The third-order valence-electron chi connectivity index (χ3n) is 5.98. The van der Waals surface area contributed by atoms with E-state index in [2.05, 4.69) is 4.98 Å². The first-order valence-electron chi connectivity index (χ1n) is 10.5. The van der Waals surface area contributed by atoms with Gasteiger partial charge in [0, 0.05) is 25.6 Å². The molecule has 1 fully saturated rings. The van der Waals surface area contributed by atoms with E-state index in [9.17, 15) is 9.59 Å². The average molecular weight is 418 g/mol. The largest absolute Gasteiger partial charge is 0.458 e. The number of aryl methyl sites for hydroxylation is 1. The number of hydrogen-bond donors (Lipinski definition) is 0. The van der Waals surface area contributed by atoms with Crippen LogP contribution in [-0.2, 0) is 26.3 Å². The smallest absolute Gasteiger partial charge is 0.317 e. The molecule has 2 aromatic carbocycles. The van der Waals surface area contributed by atoms with Gasteiger partial charge in [0.1, 0.15) is 18.6 Å². The Hall–Kier alpha value is -3.41. The molecule has 1 saturated heterocycles. The molecule has 0 aliphatic carbocycles. The maximum atomic E-state index is 13.3. The minimum absolute atomic E-state index is 0.0289. The van der Waals surface area contributed by atoms with E-state index in [-0.39, 0.29) is 18.5 Å². The Bertz CT molecular complexity index is 1050. The van der Waals surface area contributed by atoms with Gasteiger partial charge in [-0.1, -0.05) is 48.0 Å². The minimum atomic E-state index is -0.767. The number of piperidine rings is 1. The van der Waals surface area contributed by atoms with E-state index in [0.29, 0.717) is 37.5 Å². The molecule has 6 heteroatoms. The lowest BCUT2D eigenvalue weighted by Crippen LogP contribution is -2.49. The first-order valence-corrected chi connectivity index (χ1v) is 10.5. The molecule has 0 atom stereocenters. The molecule has 4 rings (SSSR count). The summed E-state index contributed by atoms with van der Waals surface area (Å²) in [5.74, 6) is 0.238. The van der Waals surface area contributed by atoms with Gasteiger partial charge >= 0.3 is 5.97 Å². The van der Waals surface area contributed by atoms with Crippen molar-refractivity contribution in [3.05, 3.63) is 77.7 Å². The van der Waals surface area contributed by atoms with Crippen molar-refractivity contribution < 1.29 is 18.7 Å². The zero-order valence-electron chi connectivity index (χ0n) is 17.8. The molecular formula is C25H26N2O4. The SMILES string of the molecule is CC(=O)N1CCC(C(=O)OCc2coc(-c3ccc(C)cc3)n2)(c2ccccc2)CC1. The number of amides is 1. The number of aromatic nitrogens is 1. The summed E-state index contributed by atoms with van der Waals surface area (Å²) in [6.45, 7) is 4.68. The molecule has 0 N–H and O–H groups in total. The maximum Gasteiger partial charge on any atom is 0.317 e. The van der Waals surface area contributed by atoms with E-state index >= 15 is 0 Å². The van der Waals surface area contributed by atoms with E-state index < -0.39 is 5.41 Å². The van der Waals surface area contributed by atoms with Gasteiger partial charge in [0.2, 0.25) is 11.8 Å². The van der Waals surface area contributed by atoms with Crippen LogP contribution in [0, 0.1) is 6.92 Å². The number of esters is 1. The summed E-state index contributed by atoms with van der Waals surface area (Å²) in [5.41, 5.74) is 2.75. The molecule has 6 nitrogen and oxygen atoms in total. The van der Waals surface area contributed by atoms with Gasteiger partial charge in [0.05, 0.1) is 5.41 Å². The number of carbonyl (C=O) groups excluding carboxylic acids is 2. The summed E-state index contributed by atoms with van der Waals surface area (Å²) in [5, 5.41) is 0. The lowest BCUT2D eigenvalue weighted by Gasteiger charge is -2.40. The van der Waals surface area contributed by atoms with Crippen LogP contribution in [0.2, 0.25) is 0 Å². The summed E-state index contributed by atoms with van der Waals surface area (Å²) in [7, 11) is 0. The molecule has 0 unspecified atom stereocenters. The Balaban J connectivity index is 1.49. The third kappa shape index (κ3) is 4.38. The van der Waals surface area contributed by atoms with Crippen LogP contribution in [0.15, 0.2) is 65.3 Å². The highest BCUT2D eigenvalue weighted by Gasteiger charge is 2.44. The zero-order chi connectivity index (χ0) is 21.8. The average Bonchev–Trinajstić information content (AvgIpc) is 3.27. The van der Waals surface area contributed by atoms with Crippen molar-refractivity contribution in [3.8, 4) is 11.5 Å². The highest BCUT2D eigenvalue weighted by atomic mass is 16.5. The van der Waals surface area contributed by atoms with E-state index in [1.807, 2.05) is 61.5 Å². The second kappa shape index (κ2) is 8.76. The van der Waals surface area contributed by atoms with Crippen molar-refractivity contribution in [2.45, 2.75) is 38.7 Å². The number of ether oxygens (including phenoxy) is 1. The van der Waals surface area contributed by atoms with Crippen LogP contribution in [0.25, 0.3) is 11.5 Å². The second-order valence-electron chi connectivity index (χ2n) is 8.04. The highest BCUT2D eigenvalue weighted by Crippen LogP contribution is 2.37. The Morgan fingerprint density at radius 3 is 2.39 bits per heavy atom.